The number of carbonyl (C=O) groups is 1. The molecule has 0 aliphatic heterocycles. The second-order valence-electron chi connectivity index (χ2n) is 4.10. The predicted octanol–water partition coefficient (Wildman–Crippen LogP) is 2.95. The maximum atomic E-state index is 13.5. The number of halogens is 3. The van der Waals surface area contributed by atoms with Crippen molar-refractivity contribution in [3.05, 3.63) is 53.3 Å². The van der Waals surface area contributed by atoms with Gasteiger partial charge in [-0.05, 0) is 24.3 Å². The van der Waals surface area contributed by atoms with Crippen molar-refractivity contribution >= 4 is 17.3 Å². The lowest BCUT2D eigenvalue weighted by molar-refractivity contribution is 0.102. The van der Waals surface area contributed by atoms with Crippen molar-refractivity contribution in [2.45, 2.75) is 0 Å². The van der Waals surface area contributed by atoms with Gasteiger partial charge < -0.3 is 15.8 Å². The molecule has 7 heteroatoms. The summed E-state index contributed by atoms with van der Waals surface area (Å²) in [7, 11) is 1.34. The molecule has 0 aromatic heterocycles. The molecule has 0 fully saturated rings. The average molecular weight is 296 g/mol. The van der Waals surface area contributed by atoms with E-state index in [1.807, 2.05) is 0 Å². The summed E-state index contributed by atoms with van der Waals surface area (Å²) in [5, 5.41) is 2.13. The third-order valence-electron chi connectivity index (χ3n) is 2.79. The molecule has 0 heterocycles. The van der Waals surface area contributed by atoms with Gasteiger partial charge in [-0.2, -0.15) is 0 Å². The fourth-order valence-electron chi connectivity index (χ4n) is 1.77. The number of nitrogens with two attached hydrogens (primary N) is 1. The third kappa shape index (κ3) is 2.76. The zero-order valence-electron chi connectivity index (χ0n) is 10.9. The van der Waals surface area contributed by atoms with Gasteiger partial charge in [0, 0.05) is 5.69 Å². The van der Waals surface area contributed by atoms with Crippen LogP contribution >= 0.6 is 0 Å². The normalized spacial score (nSPS) is 10.3. The Labute approximate surface area is 118 Å². The molecule has 110 valence electrons. The molecule has 4 nitrogen and oxygen atoms in total. The minimum atomic E-state index is -1.67. The number of nitrogens with one attached hydrogen (secondary N) is 1. The standard InChI is InChI=1S/C14H11F3N2O2/c1-21-10-4-2-3-8(18)11(10)14(20)19-9-6-5-7(15)12(16)13(9)17/h2-6H,18H2,1H3,(H,19,20). The Hall–Kier alpha value is -2.70. The molecule has 2 aromatic rings. The topological polar surface area (TPSA) is 64.3 Å². The quantitative estimate of drug-likeness (QED) is 0.676. The molecular formula is C14H11F3N2O2. The Kier molecular flexibility index (Phi) is 4.02. The van der Waals surface area contributed by atoms with E-state index >= 15 is 0 Å². The van der Waals surface area contributed by atoms with Crippen molar-refractivity contribution in [3.63, 3.8) is 0 Å². The van der Waals surface area contributed by atoms with Crippen molar-refractivity contribution in [1.82, 2.24) is 0 Å². The number of hydrogen-bond donors (Lipinski definition) is 2. The van der Waals surface area contributed by atoms with Gasteiger partial charge in [-0.15, -0.1) is 0 Å². The predicted molar refractivity (Wildman–Crippen MR) is 71.7 cm³/mol. The summed E-state index contributed by atoms with van der Waals surface area (Å²) in [6.07, 6.45) is 0. The summed E-state index contributed by atoms with van der Waals surface area (Å²) in [5.74, 6) is -5.12. The lowest BCUT2D eigenvalue weighted by Crippen LogP contribution is -2.16. The van der Waals surface area contributed by atoms with Gasteiger partial charge in [0.2, 0.25) is 0 Å². The third-order valence-corrected chi connectivity index (χ3v) is 2.79. The van der Waals surface area contributed by atoms with E-state index in [9.17, 15) is 18.0 Å². The van der Waals surface area contributed by atoms with E-state index in [4.69, 9.17) is 10.5 Å². The SMILES string of the molecule is COc1cccc(N)c1C(=O)Nc1ccc(F)c(F)c1F. The van der Waals surface area contributed by atoms with E-state index < -0.39 is 29.0 Å². The van der Waals surface area contributed by atoms with E-state index in [1.165, 1.54) is 19.2 Å². The summed E-state index contributed by atoms with van der Waals surface area (Å²) >= 11 is 0. The molecule has 0 saturated heterocycles. The molecule has 0 saturated carbocycles. The molecule has 2 aromatic carbocycles. The Morgan fingerprint density at radius 2 is 1.86 bits per heavy atom. The highest BCUT2D eigenvalue weighted by Gasteiger charge is 2.19. The van der Waals surface area contributed by atoms with Gasteiger partial charge in [-0.25, -0.2) is 13.2 Å². The molecule has 0 bridgehead atoms. The number of ether oxygens (including phenoxy) is 1. The molecule has 0 aliphatic carbocycles. The first-order chi connectivity index (χ1) is 9.95. The first-order valence-electron chi connectivity index (χ1n) is 5.83. The summed E-state index contributed by atoms with van der Waals surface area (Å²) in [5.41, 5.74) is 5.26. The number of methoxy groups -OCH3 is 1. The van der Waals surface area contributed by atoms with Crippen molar-refractivity contribution in [3.8, 4) is 5.75 Å². The van der Waals surface area contributed by atoms with Crippen LogP contribution in [0.15, 0.2) is 30.3 Å². The summed E-state index contributed by atoms with van der Waals surface area (Å²) in [4.78, 5) is 12.1. The van der Waals surface area contributed by atoms with Gasteiger partial charge in [0.25, 0.3) is 5.91 Å². The maximum absolute atomic E-state index is 13.5. The van der Waals surface area contributed by atoms with Crippen LogP contribution in [0, 0.1) is 17.5 Å². The molecule has 21 heavy (non-hydrogen) atoms. The monoisotopic (exact) mass is 296 g/mol. The number of carbonyl (C=O) groups excluding carboxylic acids is 1. The maximum Gasteiger partial charge on any atom is 0.261 e. The van der Waals surface area contributed by atoms with E-state index in [1.54, 1.807) is 6.07 Å². The molecule has 1 amide bonds. The van der Waals surface area contributed by atoms with Crippen LogP contribution in [0.5, 0.6) is 5.75 Å². The number of hydrogen-bond acceptors (Lipinski definition) is 3. The molecule has 0 unspecified atom stereocenters. The van der Waals surface area contributed by atoms with Crippen LogP contribution in [-0.4, -0.2) is 13.0 Å². The van der Waals surface area contributed by atoms with Gasteiger partial charge in [0.15, 0.2) is 17.5 Å². The summed E-state index contributed by atoms with van der Waals surface area (Å²) < 4.78 is 44.5. The van der Waals surface area contributed by atoms with Crippen LogP contribution in [0.1, 0.15) is 10.4 Å². The minimum Gasteiger partial charge on any atom is -0.496 e. The minimum absolute atomic E-state index is 0.0240. The fourth-order valence-corrected chi connectivity index (χ4v) is 1.77. The molecule has 0 spiro atoms. The zero-order valence-corrected chi connectivity index (χ0v) is 10.9. The number of amides is 1. The molecule has 0 aliphatic rings. The molecule has 3 N–H and O–H groups in total. The second-order valence-corrected chi connectivity index (χ2v) is 4.10. The average Bonchev–Trinajstić information content (AvgIpc) is 2.47. The van der Waals surface area contributed by atoms with Gasteiger partial charge in [-0.3, -0.25) is 4.79 Å². The van der Waals surface area contributed by atoms with Crippen molar-refractivity contribution in [2.24, 2.45) is 0 Å². The van der Waals surface area contributed by atoms with Crippen LogP contribution in [0.4, 0.5) is 24.5 Å². The van der Waals surface area contributed by atoms with E-state index in [2.05, 4.69) is 5.32 Å². The van der Waals surface area contributed by atoms with Crippen molar-refractivity contribution in [1.29, 1.82) is 0 Å². The lowest BCUT2D eigenvalue weighted by atomic mass is 10.1. The van der Waals surface area contributed by atoms with Crippen molar-refractivity contribution < 1.29 is 22.7 Å². The van der Waals surface area contributed by atoms with Crippen LogP contribution in [0.2, 0.25) is 0 Å². The first-order valence-corrected chi connectivity index (χ1v) is 5.83. The van der Waals surface area contributed by atoms with Gasteiger partial charge in [0.05, 0.1) is 12.8 Å². The first kappa shape index (κ1) is 14.7. The highest BCUT2D eigenvalue weighted by molar-refractivity contribution is 6.09. The Bertz CT molecular complexity index is 705. The van der Waals surface area contributed by atoms with E-state index in [0.29, 0.717) is 6.07 Å². The van der Waals surface area contributed by atoms with Gasteiger partial charge in [0.1, 0.15) is 11.3 Å². The summed E-state index contributed by atoms with van der Waals surface area (Å²) in [6, 6.07) is 6.14. The fraction of sp³-hybridized carbons (Fsp3) is 0.0714. The summed E-state index contributed by atoms with van der Waals surface area (Å²) in [6.45, 7) is 0. The van der Waals surface area contributed by atoms with Crippen LogP contribution in [-0.2, 0) is 0 Å². The molecule has 0 atom stereocenters. The molecular weight excluding hydrogens is 285 g/mol. The Morgan fingerprint density at radius 3 is 2.52 bits per heavy atom. The van der Waals surface area contributed by atoms with Gasteiger partial charge in [-0.1, -0.05) is 6.07 Å². The zero-order chi connectivity index (χ0) is 15.6. The van der Waals surface area contributed by atoms with E-state index in [-0.39, 0.29) is 17.0 Å². The number of anilines is 2. The highest BCUT2D eigenvalue weighted by atomic mass is 19.2. The Balaban J connectivity index is 2.38. The highest BCUT2D eigenvalue weighted by Crippen LogP contribution is 2.26. The Morgan fingerprint density at radius 1 is 1.14 bits per heavy atom. The van der Waals surface area contributed by atoms with Crippen LogP contribution < -0.4 is 15.8 Å². The van der Waals surface area contributed by atoms with Crippen LogP contribution in [0.3, 0.4) is 0 Å². The largest absolute Gasteiger partial charge is 0.496 e. The van der Waals surface area contributed by atoms with E-state index in [0.717, 1.165) is 6.07 Å². The smallest absolute Gasteiger partial charge is 0.261 e. The molecule has 0 radical (unpaired) electrons. The number of rotatable bonds is 3. The van der Waals surface area contributed by atoms with Crippen LogP contribution in [0.25, 0.3) is 0 Å². The number of benzene rings is 2. The van der Waals surface area contributed by atoms with Gasteiger partial charge >= 0.3 is 0 Å². The second kappa shape index (κ2) is 5.74. The lowest BCUT2D eigenvalue weighted by Gasteiger charge is -2.12. The number of nitrogen functional groups attached to an aromatic ring is 1. The van der Waals surface area contributed by atoms with Crippen molar-refractivity contribution in [2.75, 3.05) is 18.2 Å². The molecule has 2 rings (SSSR count).